The predicted molar refractivity (Wildman–Crippen MR) is 86.1 cm³/mol. The molecule has 0 bridgehead atoms. The van der Waals surface area contributed by atoms with Crippen LogP contribution in [-0.2, 0) is 14.1 Å². The highest BCUT2D eigenvalue weighted by Crippen LogP contribution is 2.36. The number of phenolic OH excluding ortho intramolecular Hbond substituents is 1. The molecule has 3 rings (SSSR count). The number of benzene rings is 1. The molecule has 3 heteroatoms. The molecule has 0 aliphatic heterocycles. The molecule has 22 heavy (non-hydrogen) atoms. The maximum absolute atomic E-state index is 10.8. The Labute approximate surface area is 130 Å². The molecule has 0 aliphatic carbocycles. The Morgan fingerprint density at radius 3 is 1.64 bits per heavy atom. The van der Waals surface area contributed by atoms with E-state index in [4.69, 9.17) is 0 Å². The zero-order valence-electron chi connectivity index (χ0n) is 13.1. The SMILES string of the molecule is Cc1cc(-c2cccc[n+]2C)c(O)c(-c2cccc[n+]2C)c1. The second kappa shape index (κ2) is 5.60. The van der Waals surface area contributed by atoms with Gasteiger partial charge < -0.3 is 5.11 Å². The molecule has 2 heterocycles. The van der Waals surface area contributed by atoms with Gasteiger partial charge in [0, 0.05) is 24.3 Å². The highest BCUT2D eigenvalue weighted by Gasteiger charge is 2.21. The summed E-state index contributed by atoms with van der Waals surface area (Å²) < 4.78 is 4.03. The standard InChI is InChI=1S/C19H19N2O/c1-14-12-15(17-8-4-6-10-20(17)2)19(22)16(13-14)18-9-5-7-11-21(18)3/h4-13H,1-3H3/q+1/p+1. The van der Waals surface area contributed by atoms with Crippen LogP contribution < -0.4 is 9.13 Å². The van der Waals surface area contributed by atoms with E-state index in [9.17, 15) is 5.11 Å². The van der Waals surface area contributed by atoms with E-state index in [0.717, 1.165) is 28.1 Å². The van der Waals surface area contributed by atoms with E-state index in [1.807, 2.05) is 84.2 Å². The van der Waals surface area contributed by atoms with Crippen molar-refractivity contribution in [2.24, 2.45) is 14.1 Å². The van der Waals surface area contributed by atoms with Crippen LogP contribution in [0.3, 0.4) is 0 Å². The quantitative estimate of drug-likeness (QED) is 0.723. The second-order valence-electron chi connectivity index (χ2n) is 5.60. The molecular weight excluding hydrogens is 272 g/mol. The first-order valence-corrected chi connectivity index (χ1v) is 7.31. The van der Waals surface area contributed by atoms with Crippen LogP contribution in [0.15, 0.2) is 60.9 Å². The van der Waals surface area contributed by atoms with E-state index >= 15 is 0 Å². The zero-order chi connectivity index (χ0) is 15.7. The van der Waals surface area contributed by atoms with Crippen LogP contribution in [0.4, 0.5) is 0 Å². The lowest BCUT2D eigenvalue weighted by Gasteiger charge is -2.09. The van der Waals surface area contributed by atoms with Crippen molar-refractivity contribution < 1.29 is 14.2 Å². The minimum absolute atomic E-state index is 0.314. The van der Waals surface area contributed by atoms with Gasteiger partial charge in [0.15, 0.2) is 12.4 Å². The average molecular weight is 292 g/mol. The number of pyridine rings is 2. The number of aromatic hydroxyl groups is 1. The molecule has 2 aromatic heterocycles. The van der Waals surface area contributed by atoms with E-state index in [1.165, 1.54) is 0 Å². The number of hydrogen-bond donors (Lipinski definition) is 1. The molecule has 0 saturated heterocycles. The first-order valence-electron chi connectivity index (χ1n) is 7.31. The van der Waals surface area contributed by atoms with Gasteiger partial charge in [-0.3, -0.25) is 0 Å². The molecule has 0 atom stereocenters. The van der Waals surface area contributed by atoms with Gasteiger partial charge in [-0.15, -0.1) is 0 Å². The van der Waals surface area contributed by atoms with Gasteiger partial charge >= 0.3 is 0 Å². The lowest BCUT2D eigenvalue weighted by atomic mass is 9.99. The van der Waals surface area contributed by atoms with E-state index < -0.39 is 0 Å². The Morgan fingerprint density at radius 1 is 0.773 bits per heavy atom. The fraction of sp³-hybridized carbons (Fsp3) is 0.158. The maximum Gasteiger partial charge on any atom is 0.216 e. The minimum Gasteiger partial charge on any atom is -0.506 e. The Kier molecular flexibility index (Phi) is 3.63. The number of rotatable bonds is 2. The van der Waals surface area contributed by atoms with E-state index in [-0.39, 0.29) is 0 Å². The molecule has 3 nitrogen and oxygen atoms in total. The van der Waals surface area contributed by atoms with Crippen LogP contribution >= 0.6 is 0 Å². The summed E-state index contributed by atoms with van der Waals surface area (Å²) in [5, 5.41) is 10.8. The molecule has 0 aliphatic rings. The molecule has 3 aromatic rings. The van der Waals surface area contributed by atoms with Crippen molar-refractivity contribution in [2.45, 2.75) is 6.92 Å². The summed E-state index contributed by atoms with van der Waals surface area (Å²) in [5.74, 6) is 0.314. The summed E-state index contributed by atoms with van der Waals surface area (Å²) >= 11 is 0. The third kappa shape index (κ3) is 2.46. The van der Waals surface area contributed by atoms with Crippen LogP contribution in [-0.4, -0.2) is 5.11 Å². The van der Waals surface area contributed by atoms with Crippen molar-refractivity contribution in [3.63, 3.8) is 0 Å². The first kappa shape index (κ1) is 14.3. The molecule has 0 radical (unpaired) electrons. The van der Waals surface area contributed by atoms with Crippen LogP contribution in [0, 0.1) is 6.92 Å². The van der Waals surface area contributed by atoms with Gasteiger partial charge in [-0.05, 0) is 36.8 Å². The highest BCUT2D eigenvalue weighted by atomic mass is 16.3. The predicted octanol–water partition coefficient (Wildman–Crippen LogP) is 2.68. The van der Waals surface area contributed by atoms with Gasteiger partial charge in [0.2, 0.25) is 11.4 Å². The maximum atomic E-state index is 10.8. The summed E-state index contributed by atoms with van der Waals surface area (Å²) in [6.45, 7) is 2.05. The smallest absolute Gasteiger partial charge is 0.216 e. The van der Waals surface area contributed by atoms with Crippen molar-refractivity contribution in [2.75, 3.05) is 0 Å². The molecular formula is C19H20N2O+2. The monoisotopic (exact) mass is 292 g/mol. The van der Waals surface area contributed by atoms with Crippen molar-refractivity contribution in [3.8, 4) is 28.3 Å². The van der Waals surface area contributed by atoms with Crippen LogP contribution in [0.1, 0.15) is 5.56 Å². The Morgan fingerprint density at radius 2 is 1.23 bits per heavy atom. The lowest BCUT2D eigenvalue weighted by molar-refractivity contribution is -0.660. The number of nitrogens with zero attached hydrogens (tertiary/aromatic N) is 2. The molecule has 0 saturated carbocycles. The third-order valence-electron chi connectivity index (χ3n) is 3.92. The average Bonchev–Trinajstić information content (AvgIpc) is 2.51. The van der Waals surface area contributed by atoms with Crippen molar-refractivity contribution in [1.29, 1.82) is 0 Å². The van der Waals surface area contributed by atoms with E-state index in [0.29, 0.717) is 5.75 Å². The fourth-order valence-corrected chi connectivity index (χ4v) is 2.78. The largest absolute Gasteiger partial charge is 0.506 e. The fourth-order valence-electron chi connectivity index (χ4n) is 2.78. The van der Waals surface area contributed by atoms with Gasteiger partial charge in [-0.2, -0.15) is 0 Å². The third-order valence-corrected chi connectivity index (χ3v) is 3.92. The minimum atomic E-state index is 0.314. The zero-order valence-corrected chi connectivity index (χ0v) is 13.1. The highest BCUT2D eigenvalue weighted by molar-refractivity contribution is 5.78. The number of aryl methyl sites for hydroxylation is 3. The molecule has 110 valence electrons. The summed E-state index contributed by atoms with van der Waals surface area (Å²) in [6.07, 6.45) is 3.97. The van der Waals surface area contributed by atoms with Gasteiger partial charge in [0.05, 0.1) is 11.1 Å². The summed E-state index contributed by atoms with van der Waals surface area (Å²) in [6, 6.07) is 16.0. The molecule has 0 unspecified atom stereocenters. The summed E-state index contributed by atoms with van der Waals surface area (Å²) in [4.78, 5) is 0. The summed E-state index contributed by atoms with van der Waals surface area (Å²) in [7, 11) is 3.97. The summed E-state index contributed by atoms with van der Waals surface area (Å²) in [5.41, 5.74) is 4.80. The van der Waals surface area contributed by atoms with Gasteiger partial charge in [-0.1, -0.05) is 0 Å². The molecule has 1 aromatic carbocycles. The molecule has 0 fully saturated rings. The molecule has 0 spiro atoms. The number of aromatic nitrogens is 2. The molecule has 0 amide bonds. The van der Waals surface area contributed by atoms with Crippen LogP contribution in [0.2, 0.25) is 0 Å². The Bertz CT molecular complexity index is 774. The number of hydrogen-bond acceptors (Lipinski definition) is 1. The van der Waals surface area contributed by atoms with Gasteiger partial charge in [0.25, 0.3) is 0 Å². The second-order valence-corrected chi connectivity index (χ2v) is 5.60. The molecule has 1 N–H and O–H groups in total. The Balaban J connectivity index is 2.28. The Hall–Kier alpha value is -2.68. The van der Waals surface area contributed by atoms with Crippen LogP contribution in [0.5, 0.6) is 5.75 Å². The van der Waals surface area contributed by atoms with Crippen molar-refractivity contribution >= 4 is 0 Å². The van der Waals surface area contributed by atoms with E-state index in [1.54, 1.807) is 0 Å². The topological polar surface area (TPSA) is 28.0 Å². The van der Waals surface area contributed by atoms with Crippen molar-refractivity contribution in [1.82, 2.24) is 0 Å². The normalized spacial score (nSPS) is 10.7. The lowest BCUT2D eigenvalue weighted by Crippen LogP contribution is -2.31. The van der Waals surface area contributed by atoms with Gasteiger partial charge in [-0.25, -0.2) is 9.13 Å². The van der Waals surface area contributed by atoms with Crippen molar-refractivity contribution in [3.05, 3.63) is 66.5 Å². The number of phenols is 1. The van der Waals surface area contributed by atoms with Gasteiger partial charge in [0.1, 0.15) is 19.8 Å². The van der Waals surface area contributed by atoms with Crippen LogP contribution in [0.25, 0.3) is 22.5 Å². The first-order chi connectivity index (χ1) is 10.6. The van der Waals surface area contributed by atoms with E-state index in [2.05, 4.69) is 6.92 Å².